The number of hydrogen-bond donors (Lipinski definition) is 1. The van der Waals surface area contributed by atoms with Gasteiger partial charge in [-0.15, -0.1) is 11.3 Å². The maximum Gasteiger partial charge on any atom is 0.356 e. The Labute approximate surface area is 116 Å². The zero-order chi connectivity index (χ0) is 13.1. The average Bonchev–Trinajstić information content (AvgIpc) is 2.72. The van der Waals surface area contributed by atoms with Crippen LogP contribution in [-0.2, 0) is 0 Å². The fourth-order valence-electron chi connectivity index (χ4n) is 1.56. The predicted molar refractivity (Wildman–Crippen MR) is 73.4 cm³/mol. The molecule has 1 aromatic carbocycles. The molecule has 0 unspecified atom stereocenters. The van der Waals surface area contributed by atoms with Crippen LogP contribution in [0.5, 0.6) is 5.75 Å². The molecule has 0 saturated heterocycles. The standard InChI is InChI=1S/C12H10BrNO3S/c1-2-17-8-6-4-3-5-7(8)10-9(11(15)16)14-12(13)18-10/h3-6H,2H2,1H3,(H,15,16). The average molecular weight is 328 g/mol. The molecule has 0 aliphatic rings. The quantitative estimate of drug-likeness (QED) is 0.930. The van der Waals surface area contributed by atoms with Gasteiger partial charge in [0.25, 0.3) is 0 Å². The van der Waals surface area contributed by atoms with Crippen LogP contribution in [-0.4, -0.2) is 22.7 Å². The fraction of sp³-hybridized carbons (Fsp3) is 0.167. The number of benzene rings is 1. The third-order valence-electron chi connectivity index (χ3n) is 2.24. The molecule has 0 saturated carbocycles. The first-order chi connectivity index (χ1) is 8.63. The topological polar surface area (TPSA) is 59.4 Å². The van der Waals surface area contributed by atoms with Crippen molar-refractivity contribution >= 4 is 33.2 Å². The molecule has 0 bridgehead atoms. The summed E-state index contributed by atoms with van der Waals surface area (Å²) in [5.74, 6) is -0.378. The number of carbonyl (C=O) groups is 1. The zero-order valence-corrected chi connectivity index (χ0v) is 11.9. The van der Waals surface area contributed by atoms with Crippen LogP contribution in [0, 0.1) is 0 Å². The first kappa shape index (κ1) is 13.0. The lowest BCUT2D eigenvalue weighted by Crippen LogP contribution is -2.00. The van der Waals surface area contributed by atoms with E-state index in [-0.39, 0.29) is 5.69 Å². The number of para-hydroxylation sites is 1. The number of carboxylic acid groups (broad SMARTS) is 1. The molecule has 1 aromatic heterocycles. The highest BCUT2D eigenvalue weighted by molar-refractivity contribution is 9.11. The van der Waals surface area contributed by atoms with E-state index in [1.54, 1.807) is 0 Å². The Balaban J connectivity index is 2.58. The van der Waals surface area contributed by atoms with Crippen LogP contribution < -0.4 is 4.74 Å². The molecule has 1 N–H and O–H groups in total. The van der Waals surface area contributed by atoms with Gasteiger partial charge in [-0.3, -0.25) is 0 Å². The molecule has 94 valence electrons. The molecular formula is C12H10BrNO3S. The van der Waals surface area contributed by atoms with Gasteiger partial charge in [-0.25, -0.2) is 9.78 Å². The van der Waals surface area contributed by atoms with Crippen LogP contribution in [0.15, 0.2) is 28.2 Å². The van der Waals surface area contributed by atoms with Crippen molar-refractivity contribution in [3.8, 4) is 16.2 Å². The molecule has 18 heavy (non-hydrogen) atoms. The first-order valence-corrected chi connectivity index (χ1v) is 6.86. The van der Waals surface area contributed by atoms with E-state index >= 15 is 0 Å². The second-order valence-corrected chi connectivity index (χ2v) is 5.65. The summed E-state index contributed by atoms with van der Waals surface area (Å²) in [5, 5.41) is 9.14. The highest BCUT2D eigenvalue weighted by Gasteiger charge is 2.20. The Kier molecular flexibility index (Phi) is 3.98. The van der Waals surface area contributed by atoms with E-state index in [1.165, 1.54) is 11.3 Å². The Morgan fingerprint density at radius 1 is 1.50 bits per heavy atom. The second kappa shape index (κ2) is 5.49. The molecule has 2 rings (SSSR count). The van der Waals surface area contributed by atoms with E-state index < -0.39 is 5.97 Å². The third-order valence-corrected chi connectivity index (χ3v) is 3.78. The molecule has 2 aromatic rings. The largest absolute Gasteiger partial charge is 0.493 e. The van der Waals surface area contributed by atoms with E-state index in [0.717, 1.165) is 5.56 Å². The van der Waals surface area contributed by atoms with E-state index in [4.69, 9.17) is 9.84 Å². The van der Waals surface area contributed by atoms with Crippen LogP contribution in [0.4, 0.5) is 0 Å². The summed E-state index contributed by atoms with van der Waals surface area (Å²) in [7, 11) is 0. The molecule has 6 heteroatoms. The number of thiazole rings is 1. The summed E-state index contributed by atoms with van der Waals surface area (Å²) >= 11 is 4.50. The third kappa shape index (κ3) is 2.54. The van der Waals surface area contributed by atoms with Gasteiger partial charge in [0.15, 0.2) is 9.61 Å². The Bertz CT molecular complexity index is 582. The highest BCUT2D eigenvalue weighted by atomic mass is 79.9. The van der Waals surface area contributed by atoms with Gasteiger partial charge < -0.3 is 9.84 Å². The molecule has 0 spiro atoms. The number of hydrogen-bond acceptors (Lipinski definition) is 4. The van der Waals surface area contributed by atoms with E-state index in [0.29, 0.717) is 21.2 Å². The number of ether oxygens (including phenoxy) is 1. The lowest BCUT2D eigenvalue weighted by atomic mass is 10.1. The Morgan fingerprint density at radius 3 is 2.89 bits per heavy atom. The molecule has 0 aliphatic carbocycles. The number of nitrogens with zero attached hydrogens (tertiary/aromatic N) is 1. The van der Waals surface area contributed by atoms with Crippen LogP contribution in [0.25, 0.3) is 10.4 Å². The van der Waals surface area contributed by atoms with Gasteiger partial charge in [-0.1, -0.05) is 12.1 Å². The van der Waals surface area contributed by atoms with Crippen molar-refractivity contribution in [3.63, 3.8) is 0 Å². The first-order valence-electron chi connectivity index (χ1n) is 5.25. The molecule has 0 amide bonds. The van der Waals surface area contributed by atoms with Crippen LogP contribution in [0.1, 0.15) is 17.4 Å². The second-order valence-electron chi connectivity index (χ2n) is 3.38. The summed E-state index contributed by atoms with van der Waals surface area (Å²) in [6.45, 7) is 2.41. The molecule has 0 fully saturated rings. The molecule has 0 atom stereocenters. The molecular weight excluding hydrogens is 318 g/mol. The van der Waals surface area contributed by atoms with Gasteiger partial charge in [0, 0.05) is 5.56 Å². The SMILES string of the molecule is CCOc1ccccc1-c1sc(Br)nc1C(=O)O. The smallest absolute Gasteiger partial charge is 0.356 e. The van der Waals surface area contributed by atoms with Crippen LogP contribution in [0.2, 0.25) is 0 Å². The van der Waals surface area contributed by atoms with Crippen LogP contribution >= 0.6 is 27.3 Å². The van der Waals surface area contributed by atoms with Crippen molar-refractivity contribution in [1.82, 2.24) is 4.98 Å². The number of rotatable bonds is 4. The van der Waals surface area contributed by atoms with Gasteiger partial charge in [-0.05, 0) is 35.0 Å². The lowest BCUT2D eigenvalue weighted by molar-refractivity contribution is 0.0692. The van der Waals surface area contributed by atoms with Crippen molar-refractivity contribution in [2.45, 2.75) is 6.92 Å². The van der Waals surface area contributed by atoms with Gasteiger partial charge >= 0.3 is 5.97 Å². The number of aromatic nitrogens is 1. The van der Waals surface area contributed by atoms with Gasteiger partial charge in [0.1, 0.15) is 5.75 Å². The van der Waals surface area contributed by atoms with Crippen molar-refractivity contribution in [3.05, 3.63) is 33.9 Å². The fourth-order valence-corrected chi connectivity index (χ4v) is 3.03. The minimum absolute atomic E-state index is 0.0408. The van der Waals surface area contributed by atoms with Gasteiger partial charge in [0.2, 0.25) is 0 Å². The van der Waals surface area contributed by atoms with Crippen molar-refractivity contribution < 1.29 is 14.6 Å². The lowest BCUT2D eigenvalue weighted by Gasteiger charge is -2.08. The summed E-state index contributed by atoms with van der Waals surface area (Å²) < 4.78 is 6.05. The summed E-state index contributed by atoms with van der Waals surface area (Å²) in [4.78, 5) is 15.7. The van der Waals surface area contributed by atoms with Crippen molar-refractivity contribution in [2.75, 3.05) is 6.61 Å². The normalized spacial score (nSPS) is 10.3. The molecule has 0 aliphatic heterocycles. The molecule has 1 heterocycles. The Hall–Kier alpha value is -1.40. The van der Waals surface area contributed by atoms with Gasteiger partial charge in [-0.2, -0.15) is 0 Å². The summed E-state index contributed by atoms with van der Waals surface area (Å²) in [6.07, 6.45) is 0. The maximum atomic E-state index is 11.2. The minimum atomic E-state index is -1.04. The summed E-state index contributed by atoms with van der Waals surface area (Å²) in [6, 6.07) is 7.34. The molecule has 4 nitrogen and oxygen atoms in total. The van der Waals surface area contributed by atoms with Crippen molar-refractivity contribution in [1.29, 1.82) is 0 Å². The number of aromatic carboxylic acids is 1. The summed E-state index contributed by atoms with van der Waals surface area (Å²) in [5.41, 5.74) is 0.791. The van der Waals surface area contributed by atoms with E-state index in [9.17, 15) is 4.79 Å². The Morgan fingerprint density at radius 2 is 2.22 bits per heavy atom. The zero-order valence-electron chi connectivity index (χ0n) is 9.51. The molecule has 0 radical (unpaired) electrons. The highest BCUT2D eigenvalue weighted by Crippen LogP contribution is 2.38. The monoisotopic (exact) mass is 327 g/mol. The maximum absolute atomic E-state index is 11.2. The number of halogens is 1. The van der Waals surface area contributed by atoms with Gasteiger partial charge in [0.05, 0.1) is 11.5 Å². The number of carboxylic acids is 1. The predicted octanol–water partition coefficient (Wildman–Crippen LogP) is 3.67. The van der Waals surface area contributed by atoms with E-state index in [1.807, 2.05) is 31.2 Å². The van der Waals surface area contributed by atoms with Crippen molar-refractivity contribution in [2.24, 2.45) is 0 Å². The van der Waals surface area contributed by atoms with E-state index in [2.05, 4.69) is 20.9 Å². The minimum Gasteiger partial charge on any atom is -0.493 e. The van der Waals surface area contributed by atoms with Crippen LogP contribution in [0.3, 0.4) is 0 Å².